The summed E-state index contributed by atoms with van der Waals surface area (Å²) in [6.07, 6.45) is 2.40. The summed E-state index contributed by atoms with van der Waals surface area (Å²) in [5.41, 5.74) is 3.32. The van der Waals surface area contributed by atoms with Crippen molar-refractivity contribution < 1.29 is 14.3 Å². The van der Waals surface area contributed by atoms with E-state index >= 15 is 0 Å². The van der Waals surface area contributed by atoms with Crippen LogP contribution in [0.2, 0.25) is 0 Å². The summed E-state index contributed by atoms with van der Waals surface area (Å²) in [7, 11) is 3.82. The summed E-state index contributed by atoms with van der Waals surface area (Å²) in [5, 5.41) is 6.06. The number of aryl methyl sites for hydroxylation is 1. The van der Waals surface area contributed by atoms with Crippen molar-refractivity contribution in [3.05, 3.63) is 65.2 Å². The van der Waals surface area contributed by atoms with Crippen LogP contribution in [-0.2, 0) is 9.59 Å². The molecule has 0 aromatic heterocycles. The molecule has 2 aromatic rings. The molecule has 0 radical (unpaired) electrons. The lowest BCUT2D eigenvalue weighted by molar-refractivity contribution is -0.123. The molecule has 2 N–H and O–H groups in total. The molecular weight excluding hydrogens is 402 g/mol. The van der Waals surface area contributed by atoms with Crippen LogP contribution < -0.4 is 15.4 Å². The van der Waals surface area contributed by atoms with Gasteiger partial charge in [-0.05, 0) is 62.5 Å². The lowest BCUT2D eigenvalue weighted by Crippen LogP contribution is -2.42. The minimum absolute atomic E-state index is 0.0500. The number of methoxy groups -OCH3 is 1. The molecule has 32 heavy (non-hydrogen) atoms. The Labute approximate surface area is 191 Å². The summed E-state index contributed by atoms with van der Waals surface area (Å²) in [5.74, 6) is 0.977. The first-order chi connectivity index (χ1) is 15.4. The third-order valence-electron chi connectivity index (χ3n) is 6.27. The molecule has 1 aliphatic rings. The molecule has 0 spiro atoms. The smallest absolute Gasteiger partial charge is 0.222 e. The predicted octanol–water partition coefficient (Wildman–Crippen LogP) is 3.77. The molecule has 172 valence electrons. The van der Waals surface area contributed by atoms with E-state index in [1.807, 2.05) is 43.3 Å². The van der Waals surface area contributed by atoms with Crippen LogP contribution in [-0.4, -0.2) is 44.0 Å². The maximum Gasteiger partial charge on any atom is 0.222 e. The van der Waals surface area contributed by atoms with Crippen molar-refractivity contribution in [1.82, 2.24) is 15.5 Å². The summed E-state index contributed by atoms with van der Waals surface area (Å²) in [6.45, 7) is 5.15. The number of hydrogen-bond acceptors (Lipinski definition) is 4. The highest BCUT2D eigenvalue weighted by Crippen LogP contribution is 2.35. The van der Waals surface area contributed by atoms with Gasteiger partial charge in [0.25, 0.3) is 0 Å². The average molecular weight is 438 g/mol. The zero-order chi connectivity index (χ0) is 23.1. The first-order valence-electron chi connectivity index (χ1n) is 11.3. The normalized spacial score (nSPS) is 19.8. The van der Waals surface area contributed by atoms with E-state index in [1.165, 1.54) is 12.5 Å². The molecule has 2 amide bonds. The number of carbonyl (C=O) groups excluding carboxylic acids is 2. The van der Waals surface area contributed by atoms with Gasteiger partial charge in [0.1, 0.15) is 5.75 Å². The van der Waals surface area contributed by atoms with Gasteiger partial charge in [0.05, 0.1) is 19.6 Å². The van der Waals surface area contributed by atoms with Gasteiger partial charge in [-0.3, -0.25) is 14.5 Å². The molecule has 3 rings (SSSR count). The Morgan fingerprint density at radius 1 is 1.12 bits per heavy atom. The molecule has 1 heterocycles. The largest absolute Gasteiger partial charge is 0.497 e. The lowest BCUT2D eigenvalue weighted by atomic mass is 9.84. The number of benzene rings is 2. The standard InChI is InChI=1S/C26H35N3O3/c1-18-7-9-20(10-8-18)24(28-19(2)30)16-25(31)27-17-22-6-5-15-29(3)26(22)21-11-13-23(32-4)14-12-21/h7-14,22,24,26H,5-6,15-17H2,1-4H3,(H,27,31)(H,28,30). The molecule has 0 bridgehead atoms. The monoisotopic (exact) mass is 437 g/mol. The Bertz CT molecular complexity index is 896. The highest BCUT2D eigenvalue weighted by atomic mass is 16.5. The van der Waals surface area contributed by atoms with Crippen LogP contribution in [0.5, 0.6) is 5.75 Å². The van der Waals surface area contributed by atoms with Crippen LogP contribution in [0, 0.1) is 12.8 Å². The minimum Gasteiger partial charge on any atom is -0.497 e. The summed E-state index contributed by atoms with van der Waals surface area (Å²) < 4.78 is 5.30. The van der Waals surface area contributed by atoms with Gasteiger partial charge in [0.2, 0.25) is 11.8 Å². The van der Waals surface area contributed by atoms with Gasteiger partial charge in [0.15, 0.2) is 0 Å². The lowest BCUT2D eigenvalue weighted by Gasteiger charge is -2.39. The molecule has 3 unspecified atom stereocenters. The van der Waals surface area contributed by atoms with Crippen molar-refractivity contribution in [1.29, 1.82) is 0 Å². The second-order valence-corrected chi connectivity index (χ2v) is 8.77. The van der Waals surface area contributed by atoms with E-state index in [0.29, 0.717) is 12.5 Å². The number of likely N-dealkylation sites (tertiary alicyclic amines) is 1. The van der Waals surface area contributed by atoms with Crippen LogP contribution in [0.25, 0.3) is 0 Å². The van der Waals surface area contributed by atoms with Gasteiger partial charge < -0.3 is 15.4 Å². The number of piperidine rings is 1. The SMILES string of the molecule is COc1ccc(C2C(CNC(=O)CC(NC(C)=O)c3ccc(C)cc3)CCCN2C)cc1. The minimum atomic E-state index is -0.334. The molecule has 6 heteroatoms. The van der Waals surface area contributed by atoms with E-state index in [2.05, 4.69) is 34.7 Å². The zero-order valence-electron chi connectivity index (χ0n) is 19.6. The third kappa shape index (κ3) is 6.33. The second kappa shape index (κ2) is 11.1. The quantitative estimate of drug-likeness (QED) is 0.660. The Morgan fingerprint density at radius 2 is 1.81 bits per heavy atom. The average Bonchev–Trinajstić information content (AvgIpc) is 2.77. The number of rotatable bonds is 8. The molecule has 0 aliphatic carbocycles. The first kappa shape index (κ1) is 23.8. The second-order valence-electron chi connectivity index (χ2n) is 8.77. The zero-order valence-corrected chi connectivity index (χ0v) is 19.6. The van der Waals surface area contributed by atoms with E-state index in [9.17, 15) is 9.59 Å². The molecule has 1 fully saturated rings. The van der Waals surface area contributed by atoms with Crippen LogP contribution in [0.15, 0.2) is 48.5 Å². The van der Waals surface area contributed by atoms with Crippen molar-refractivity contribution in [3.63, 3.8) is 0 Å². The Kier molecular flexibility index (Phi) is 8.28. The van der Waals surface area contributed by atoms with Crippen molar-refractivity contribution in [2.24, 2.45) is 5.92 Å². The van der Waals surface area contributed by atoms with E-state index in [4.69, 9.17) is 4.74 Å². The van der Waals surface area contributed by atoms with E-state index < -0.39 is 0 Å². The van der Waals surface area contributed by atoms with Crippen molar-refractivity contribution in [3.8, 4) is 5.75 Å². The maximum atomic E-state index is 12.8. The third-order valence-corrected chi connectivity index (χ3v) is 6.27. The summed E-state index contributed by atoms with van der Waals surface area (Å²) in [4.78, 5) is 26.9. The Balaban J connectivity index is 1.65. The molecule has 0 saturated carbocycles. The summed E-state index contributed by atoms with van der Waals surface area (Å²) >= 11 is 0. The highest BCUT2D eigenvalue weighted by molar-refractivity contribution is 5.79. The Hall–Kier alpha value is -2.86. The number of nitrogens with one attached hydrogen (secondary N) is 2. The van der Waals surface area contributed by atoms with E-state index in [-0.39, 0.29) is 30.3 Å². The van der Waals surface area contributed by atoms with Gasteiger partial charge in [-0.2, -0.15) is 0 Å². The van der Waals surface area contributed by atoms with Gasteiger partial charge in [-0.15, -0.1) is 0 Å². The molecule has 6 nitrogen and oxygen atoms in total. The van der Waals surface area contributed by atoms with Gasteiger partial charge >= 0.3 is 0 Å². The van der Waals surface area contributed by atoms with Crippen LogP contribution in [0.1, 0.15) is 55.0 Å². The van der Waals surface area contributed by atoms with Gasteiger partial charge in [0, 0.05) is 19.5 Å². The number of nitrogens with zero attached hydrogens (tertiary/aromatic N) is 1. The summed E-state index contributed by atoms with van der Waals surface area (Å²) in [6, 6.07) is 16.1. The molecular formula is C26H35N3O3. The number of ether oxygens (including phenoxy) is 1. The molecule has 1 aliphatic heterocycles. The van der Waals surface area contributed by atoms with E-state index in [1.54, 1.807) is 7.11 Å². The Morgan fingerprint density at radius 3 is 2.44 bits per heavy atom. The fraction of sp³-hybridized carbons (Fsp3) is 0.462. The molecule has 3 atom stereocenters. The van der Waals surface area contributed by atoms with Crippen molar-refractivity contribution in [2.75, 3.05) is 27.2 Å². The first-order valence-corrected chi connectivity index (χ1v) is 11.3. The highest BCUT2D eigenvalue weighted by Gasteiger charge is 2.31. The molecule has 2 aromatic carbocycles. The predicted molar refractivity (Wildman–Crippen MR) is 126 cm³/mol. The van der Waals surface area contributed by atoms with Gasteiger partial charge in [-0.1, -0.05) is 42.0 Å². The number of carbonyl (C=O) groups is 2. The topological polar surface area (TPSA) is 70.7 Å². The molecule has 1 saturated heterocycles. The fourth-order valence-corrected chi connectivity index (χ4v) is 4.60. The van der Waals surface area contributed by atoms with Crippen LogP contribution in [0.4, 0.5) is 0 Å². The number of amides is 2. The van der Waals surface area contributed by atoms with Crippen molar-refractivity contribution >= 4 is 11.8 Å². The fourth-order valence-electron chi connectivity index (χ4n) is 4.60. The van der Waals surface area contributed by atoms with Crippen molar-refractivity contribution in [2.45, 2.75) is 45.2 Å². The van der Waals surface area contributed by atoms with Gasteiger partial charge in [-0.25, -0.2) is 0 Å². The van der Waals surface area contributed by atoms with E-state index in [0.717, 1.165) is 36.3 Å². The number of hydrogen-bond donors (Lipinski definition) is 2. The maximum absolute atomic E-state index is 12.8. The van der Waals surface area contributed by atoms with Crippen LogP contribution in [0.3, 0.4) is 0 Å². The van der Waals surface area contributed by atoms with Crippen LogP contribution >= 0.6 is 0 Å².